The number of hydrogen-bond donors (Lipinski definition) is 3. The minimum absolute atomic E-state index is 0.00200. The molecule has 0 aliphatic carbocycles. The number of benzene rings is 3. The number of fused-ring (bicyclic) bond motifs is 1. The highest BCUT2D eigenvalue weighted by atomic mass is 32.2. The molecule has 134 valence electrons. The van der Waals surface area contributed by atoms with Gasteiger partial charge in [0.15, 0.2) is 0 Å². The van der Waals surface area contributed by atoms with E-state index in [1.165, 1.54) is 24.3 Å². The minimum atomic E-state index is -3.75. The summed E-state index contributed by atoms with van der Waals surface area (Å²) < 4.78 is 22.5. The third kappa shape index (κ3) is 4.19. The Kier molecular flexibility index (Phi) is 4.92. The highest BCUT2D eigenvalue weighted by Gasteiger charge is 2.14. The Morgan fingerprint density at radius 3 is 2.19 bits per heavy atom. The molecule has 0 heterocycles. The number of rotatable bonds is 5. The molecule has 0 fully saturated rings. The highest BCUT2D eigenvalue weighted by molar-refractivity contribution is 7.89. The Hall–Kier alpha value is -2.90. The summed E-state index contributed by atoms with van der Waals surface area (Å²) in [7, 11) is -3.75. The van der Waals surface area contributed by atoms with Crippen molar-refractivity contribution in [2.45, 2.75) is 17.9 Å². The molecule has 0 bridgehead atoms. The molecular weight excluding hydrogens is 350 g/mol. The first kappa shape index (κ1) is 17.9. The van der Waals surface area contributed by atoms with Gasteiger partial charge in [0.1, 0.15) is 6.04 Å². The first-order chi connectivity index (χ1) is 12.3. The number of anilines is 2. The maximum Gasteiger partial charge on any atom is 0.246 e. The molecule has 4 N–H and O–H groups in total. The summed E-state index contributed by atoms with van der Waals surface area (Å²) >= 11 is 0. The van der Waals surface area contributed by atoms with Crippen LogP contribution in [-0.4, -0.2) is 20.4 Å². The predicted molar refractivity (Wildman–Crippen MR) is 103 cm³/mol. The molecule has 0 saturated heterocycles. The van der Waals surface area contributed by atoms with Gasteiger partial charge in [-0.1, -0.05) is 30.3 Å². The quantitative estimate of drug-likeness (QED) is 0.643. The molecule has 1 amide bonds. The molecule has 0 aliphatic heterocycles. The van der Waals surface area contributed by atoms with Crippen molar-refractivity contribution in [3.8, 4) is 0 Å². The van der Waals surface area contributed by atoms with Crippen LogP contribution in [-0.2, 0) is 14.8 Å². The molecule has 6 nitrogen and oxygen atoms in total. The van der Waals surface area contributed by atoms with Gasteiger partial charge in [-0.3, -0.25) is 4.79 Å². The van der Waals surface area contributed by atoms with E-state index in [9.17, 15) is 13.2 Å². The largest absolute Gasteiger partial charge is 0.374 e. The standard InChI is InChI=1S/C19H19N3O3S/c1-13(21-17-7-6-14-4-2-3-5-15(14)12-17)19(23)22-16-8-10-18(11-9-16)26(20,24)25/h2-13,21H,1H3,(H,22,23)(H2,20,24,25)/t13-/m1/s1. The van der Waals surface area contributed by atoms with Gasteiger partial charge in [-0.25, -0.2) is 13.6 Å². The average molecular weight is 369 g/mol. The van der Waals surface area contributed by atoms with E-state index in [0.717, 1.165) is 16.5 Å². The summed E-state index contributed by atoms with van der Waals surface area (Å²) in [6.45, 7) is 1.75. The van der Waals surface area contributed by atoms with Crippen LogP contribution in [0.15, 0.2) is 71.6 Å². The summed E-state index contributed by atoms with van der Waals surface area (Å²) in [4.78, 5) is 12.3. The van der Waals surface area contributed by atoms with E-state index in [2.05, 4.69) is 10.6 Å². The van der Waals surface area contributed by atoms with Crippen molar-refractivity contribution in [2.24, 2.45) is 5.14 Å². The van der Waals surface area contributed by atoms with Gasteiger partial charge >= 0.3 is 0 Å². The molecule has 3 rings (SSSR count). The third-order valence-electron chi connectivity index (χ3n) is 3.98. The Bertz CT molecular complexity index is 1050. The number of hydrogen-bond acceptors (Lipinski definition) is 4. The van der Waals surface area contributed by atoms with Crippen LogP contribution in [0.1, 0.15) is 6.92 Å². The molecule has 0 radical (unpaired) electrons. The molecule has 1 atom stereocenters. The van der Waals surface area contributed by atoms with Crippen molar-refractivity contribution in [1.82, 2.24) is 0 Å². The average Bonchev–Trinajstić information content (AvgIpc) is 2.61. The van der Waals surface area contributed by atoms with Crippen LogP contribution < -0.4 is 15.8 Å². The van der Waals surface area contributed by atoms with E-state index in [0.29, 0.717) is 5.69 Å². The van der Waals surface area contributed by atoms with Crippen LogP contribution in [0.2, 0.25) is 0 Å². The van der Waals surface area contributed by atoms with Crippen LogP contribution in [0.25, 0.3) is 10.8 Å². The Morgan fingerprint density at radius 1 is 0.923 bits per heavy atom. The van der Waals surface area contributed by atoms with E-state index < -0.39 is 16.1 Å². The number of carbonyl (C=O) groups is 1. The number of nitrogens with one attached hydrogen (secondary N) is 2. The highest BCUT2D eigenvalue weighted by Crippen LogP contribution is 2.20. The molecule has 0 saturated carbocycles. The zero-order valence-corrected chi connectivity index (χ0v) is 15.0. The van der Waals surface area contributed by atoms with Crippen LogP contribution in [0, 0.1) is 0 Å². The van der Waals surface area contributed by atoms with Crippen molar-refractivity contribution in [3.05, 3.63) is 66.7 Å². The maximum absolute atomic E-state index is 12.3. The maximum atomic E-state index is 12.3. The lowest BCUT2D eigenvalue weighted by atomic mass is 10.1. The molecule has 7 heteroatoms. The molecule has 3 aromatic carbocycles. The molecule has 3 aromatic rings. The molecule has 26 heavy (non-hydrogen) atoms. The zero-order valence-electron chi connectivity index (χ0n) is 14.1. The first-order valence-corrected chi connectivity index (χ1v) is 9.57. The normalized spacial score (nSPS) is 12.5. The van der Waals surface area contributed by atoms with Gasteiger partial charge in [-0.05, 0) is 54.1 Å². The first-order valence-electron chi connectivity index (χ1n) is 8.02. The number of carbonyl (C=O) groups excluding carboxylic acids is 1. The summed E-state index contributed by atoms with van der Waals surface area (Å²) in [6, 6.07) is 19.1. The lowest BCUT2D eigenvalue weighted by Crippen LogP contribution is -2.31. The minimum Gasteiger partial charge on any atom is -0.374 e. The van der Waals surface area contributed by atoms with E-state index in [1.807, 2.05) is 42.5 Å². The lowest BCUT2D eigenvalue weighted by molar-refractivity contribution is -0.116. The van der Waals surface area contributed by atoms with Crippen molar-refractivity contribution < 1.29 is 13.2 Å². The van der Waals surface area contributed by atoms with Crippen LogP contribution in [0.5, 0.6) is 0 Å². The fraction of sp³-hybridized carbons (Fsp3) is 0.105. The van der Waals surface area contributed by atoms with Crippen molar-refractivity contribution in [1.29, 1.82) is 0 Å². The second-order valence-electron chi connectivity index (χ2n) is 5.99. The van der Waals surface area contributed by atoms with Crippen LogP contribution in [0.4, 0.5) is 11.4 Å². The van der Waals surface area contributed by atoms with Crippen molar-refractivity contribution in [2.75, 3.05) is 10.6 Å². The Labute approximate surface area is 152 Å². The van der Waals surface area contributed by atoms with Crippen molar-refractivity contribution in [3.63, 3.8) is 0 Å². The van der Waals surface area contributed by atoms with Crippen molar-refractivity contribution >= 4 is 38.1 Å². The Balaban J connectivity index is 1.67. The van der Waals surface area contributed by atoms with E-state index >= 15 is 0 Å². The van der Waals surface area contributed by atoms with E-state index in [4.69, 9.17) is 5.14 Å². The Morgan fingerprint density at radius 2 is 1.54 bits per heavy atom. The van der Waals surface area contributed by atoms with Gasteiger partial charge in [0, 0.05) is 11.4 Å². The van der Waals surface area contributed by atoms with Crippen LogP contribution >= 0.6 is 0 Å². The number of sulfonamides is 1. The molecule has 0 aromatic heterocycles. The summed E-state index contributed by atoms with van der Waals surface area (Å²) in [5.41, 5.74) is 1.34. The smallest absolute Gasteiger partial charge is 0.246 e. The van der Waals surface area contributed by atoms with Gasteiger partial charge < -0.3 is 10.6 Å². The van der Waals surface area contributed by atoms with Gasteiger partial charge in [0.2, 0.25) is 15.9 Å². The fourth-order valence-corrected chi connectivity index (χ4v) is 3.09. The molecule has 0 spiro atoms. The number of amides is 1. The van der Waals surface area contributed by atoms with Gasteiger partial charge in [-0.15, -0.1) is 0 Å². The zero-order chi connectivity index (χ0) is 18.7. The van der Waals surface area contributed by atoms with E-state index in [-0.39, 0.29) is 10.8 Å². The number of nitrogens with two attached hydrogens (primary N) is 1. The van der Waals surface area contributed by atoms with Gasteiger partial charge in [0.05, 0.1) is 4.90 Å². The summed E-state index contributed by atoms with van der Waals surface area (Å²) in [5.74, 6) is -0.235. The molecule has 0 aliphatic rings. The van der Waals surface area contributed by atoms with Gasteiger partial charge in [-0.2, -0.15) is 0 Å². The third-order valence-corrected chi connectivity index (χ3v) is 4.91. The van der Waals surface area contributed by atoms with Crippen LogP contribution in [0.3, 0.4) is 0 Å². The van der Waals surface area contributed by atoms with E-state index in [1.54, 1.807) is 6.92 Å². The second-order valence-corrected chi connectivity index (χ2v) is 7.55. The lowest BCUT2D eigenvalue weighted by Gasteiger charge is -2.16. The fourth-order valence-electron chi connectivity index (χ4n) is 2.57. The monoisotopic (exact) mass is 369 g/mol. The number of primary sulfonamides is 1. The predicted octanol–water partition coefficient (Wildman–Crippen LogP) is 2.93. The molecular formula is C19H19N3O3S. The summed E-state index contributed by atoms with van der Waals surface area (Å²) in [6.07, 6.45) is 0. The second kappa shape index (κ2) is 7.15. The molecule has 0 unspecified atom stereocenters. The topological polar surface area (TPSA) is 101 Å². The summed E-state index contributed by atoms with van der Waals surface area (Å²) in [5, 5.41) is 13.2. The van der Waals surface area contributed by atoms with Gasteiger partial charge in [0.25, 0.3) is 0 Å². The SMILES string of the molecule is C[C@@H](Nc1ccc2ccccc2c1)C(=O)Nc1ccc(S(N)(=O)=O)cc1.